The summed E-state index contributed by atoms with van der Waals surface area (Å²) < 4.78 is 21.1. The Morgan fingerprint density at radius 2 is 1.74 bits per heavy atom. The molecule has 1 saturated heterocycles. The van der Waals surface area contributed by atoms with Gasteiger partial charge in [0, 0.05) is 10.9 Å². The van der Waals surface area contributed by atoms with E-state index in [0.29, 0.717) is 29.2 Å². The van der Waals surface area contributed by atoms with Crippen molar-refractivity contribution in [1.82, 2.24) is 5.32 Å². The molecule has 0 aromatic heterocycles. The molecule has 0 spiro atoms. The largest absolute Gasteiger partial charge is 0.494 e. The van der Waals surface area contributed by atoms with E-state index in [4.69, 9.17) is 4.74 Å². The van der Waals surface area contributed by atoms with Crippen molar-refractivity contribution >= 4 is 45.5 Å². The SMILES string of the molecule is CCOc1cc(/C=C2/C(=O)NC(=O)N(c3ccccc3F)C2=O)ccc1Cc1ccccc1Br. The molecule has 34 heavy (non-hydrogen) atoms. The fraction of sp³-hybridized carbons (Fsp3) is 0.115. The Bertz CT molecular complexity index is 1320. The maximum atomic E-state index is 14.3. The number of imide groups is 2. The van der Waals surface area contributed by atoms with Crippen LogP contribution in [0.15, 0.2) is 76.8 Å². The van der Waals surface area contributed by atoms with Gasteiger partial charge in [0.15, 0.2) is 0 Å². The third-order valence-corrected chi connectivity index (χ3v) is 6.01. The molecule has 0 saturated carbocycles. The number of hydrogen-bond acceptors (Lipinski definition) is 4. The first-order valence-corrected chi connectivity index (χ1v) is 11.3. The van der Waals surface area contributed by atoms with Gasteiger partial charge in [-0.05, 0) is 54.0 Å². The predicted octanol–water partition coefficient (Wildman–Crippen LogP) is 5.24. The molecule has 0 bridgehead atoms. The highest BCUT2D eigenvalue weighted by Crippen LogP contribution is 2.29. The fourth-order valence-electron chi connectivity index (χ4n) is 3.62. The van der Waals surface area contributed by atoms with E-state index >= 15 is 0 Å². The summed E-state index contributed by atoms with van der Waals surface area (Å²) in [5.41, 5.74) is 2.01. The zero-order valence-corrected chi connectivity index (χ0v) is 19.8. The van der Waals surface area contributed by atoms with Crippen molar-refractivity contribution in [3.05, 3.63) is 99.3 Å². The van der Waals surface area contributed by atoms with E-state index in [2.05, 4.69) is 21.2 Å². The van der Waals surface area contributed by atoms with Gasteiger partial charge in [0.1, 0.15) is 17.1 Å². The molecule has 0 unspecified atom stereocenters. The lowest BCUT2D eigenvalue weighted by Gasteiger charge is -2.26. The predicted molar refractivity (Wildman–Crippen MR) is 130 cm³/mol. The molecule has 3 aromatic carbocycles. The van der Waals surface area contributed by atoms with Crippen LogP contribution in [0.5, 0.6) is 5.75 Å². The number of para-hydroxylation sites is 1. The lowest BCUT2D eigenvalue weighted by atomic mass is 10.0. The third-order valence-electron chi connectivity index (χ3n) is 5.24. The fourth-order valence-corrected chi connectivity index (χ4v) is 4.04. The van der Waals surface area contributed by atoms with Crippen molar-refractivity contribution in [2.24, 2.45) is 0 Å². The third kappa shape index (κ3) is 4.77. The lowest BCUT2D eigenvalue weighted by molar-refractivity contribution is -0.122. The number of urea groups is 1. The summed E-state index contributed by atoms with van der Waals surface area (Å²) in [6, 6.07) is 17.6. The highest BCUT2D eigenvalue weighted by molar-refractivity contribution is 9.10. The van der Waals surface area contributed by atoms with Crippen LogP contribution in [0.4, 0.5) is 14.9 Å². The van der Waals surface area contributed by atoms with Gasteiger partial charge in [-0.1, -0.05) is 58.4 Å². The quantitative estimate of drug-likeness (QED) is 0.354. The molecule has 3 aromatic rings. The molecule has 1 heterocycles. The van der Waals surface area contributed by atoms with Gasteiger partial charge in [-0.15, -0.1) is 0 Å². The lowest BCUT2D eigenvalue weighted by Crippen LogP contribution is -2.54. The van der Waals surface area contributed by atoms with Crippen molar-refractivity contribution < 1.29 is 23.5 Å². The number of barbiturate groups is 1. The Hall–Kier alpha value is -3.78. The van der Waals surface area contributed by atoms with Crippen LogP contribution < -0.4 is 15.0 Å². The van der Waals surface area contributed by atoms with E-state index in [-0.39, 0.29) is 11.3 Å². The van der Waals surface area contributed by atoms with Crippen molar-refractivity contribution in [2.45, 2.75) is 13.3 Å². The first-order chi connectivity index (χ1) is 16.4. The Morgan fingerprint density at radius 3 is 2.47 bits per heavy atom. The van der Waals surface area contributed by atoms with E-state index in [0.717, 1.165) is 21.7 Å². The normalized spacial score (nSPS) is 15.0. The molecule has 1 aliphatic rings. The molecule has 1 fully saturated rings. The van der Waals surface area contributed by atoms with Gasteiger partial charge >= 0.3 is 6.03 Å². The first kappa shape index (κ1) is 23.4. The smallest absolute Gasteiger partial charge is 0.336 e. The van der Waals surface area contributed by atoms with Crippen molar-refractivity contribution in [2.75, 3.05) is 11.5 Å². The second kappa shape index (κ2) is 10.0. The van der Waals surface area contributed by atoms with Gasteiger partial charge in [0.25, 0.3) is 11.8 Å². The number of carbonyl (C=O) groups excluding carboxylic acids is 3. The van der Waals surface area contributed by atoms with Gasteiger partial charge < -0.3 is 4.74 Å². The molecule has 4 amide bonds. The molecule has 0 radical (unpaired) electrons. The summed E-state index contributed by atoms with van der Waals surface area (Å²) in [4.78, 5) is 38.4. The number of anilines is 1. The van der Waals surface area contributed by atoms with Gasteiger partial charge in [-0.3, -0.25) is 14.9 Å². The molecule has 6 nitrogen and oxygen atoms in total. The minimum atomic E-state index is -1.00. The summed E-state index contributed by atoms with van der Waals surface area (Å²) in [5, 5.41) is 2.10. The van der Waals surface area contributed by atoms with Gasteiger partial charge in [0.2, 0.25) is 0 Å². The minimum absolute atomic E-state index is 0.234. The molecule has 172 valence electrons. The van der Waals surface area contributed by atoms with Gasteiger partial charge in [-0.25, -0.2) is 14.1 Å². The van der Waals surface area contributed by atoms with Crippen LogP contribution in [-0.4, -0.2) is 24.5 Å². The van der Waals surface area contributed by atoms with E-state index in [1.54, 1.807) is 12.1 Å². The summed E-state index contributed by atoms with van der Waals surface area (Å²) >= 11 is 3.55. The average molecular weight is 523 g/mol. The molecule has 0 aliphatic carbocycles. The Labute approximate surface area is 204 Å². The minimum Gasteiger partial charge on any atom is -0.494 e. The van der Waals surface area contributed by atoms with Crippen molar-refractivity contribution in [3.8, 4) is 5.75 Å². The van der Waals surface area contributed by atoms with Crippen LogP contribution in [-0.2, 0) is 16.0 Å². The zero-order chi connectivity index (χ0) is 24.2. The Kier molecular flexibility index (Phi) is 6.88. The van der Waals surface area contributed by atoms with Crippen LogP contribution in [0.2, 0.25) is 0 Å². The number of halogens is 2. The Balaban J connectivity index is 1.69. The number of benzene rings is 3. The molecule has 4 rings (SSSR count). The van der Waals surface area contributed by atoms with Gasteiger partial charge in [-0.2, -0.15) is 0 Å². The number of carbonyl (C=O) groups is 3. The maximum Gasteiger partial charge on any atom is 0.336 e. The molecule has 1 aliphatic heterocycles. The molecular formula is C26H20BrFN2O4. The summed E-state index contributed by atoms with van der Waals surface area (Å²) in [6.07, 6.45) is 1.98. The van der Waals surface area contributed by atoms with Gasteiger partial charge in [0.05, 0.1) is 12.3 Å². The van der Waals surface area contributed by atoms with E-state index in [1.165, 1.54) is 24.3 Å². The van der Waals surface area contributed by atoms with Crippen LogP contribution in [0, 0.1) is 5.82 Å². The van der Waals surface area contributed by atoms with Crippen molar-refractivity contribution in [1.29, 1.82) is 0 Å². The summed E-state index contributed by atoms with van der Waals surface area (Å²) in [5.74, 6) is -1.90. The Morgan fingerprint density at radius 1 is 1.00 bits per heavy atom. The zero-order valence-electron chi connectivity index (χ0n) is 18.2. The van der Waals surface area contributed by atoms with Crippen molar-refractivity contribution in [3.63, 3.8) is 0 Å². The second-order valence-corrected chi connectivity index (χ2v) is 8.33. The van der Waals surface area contributed by atoms with Crippen LogP contribution in [0.25, 0.3) is 6.08 Å². The molecule has 1 N–H and O–H groups in total. The summed E-state index contributed by atoms with van der Waals surface area (Å²) in [6.45, 7) is 2.29. The highest BCUT2D eigenvalue weighted by atomic mass is 79.9. The number of nitrogens with zero attached hydrogens (tertiary/aromatic N) is 1. The average Bonchev–Trinajstić information content (AvgIpc) is 2.81. The number of rotatable bonds is 6. The monoisotopic (exact) mass is 522 g/mol. The molecule has 8 heteroatoms. The molecular weight excluding hydrogens is 503 g/mol. The second-order valence-electron chi connectivity index (χ2n) is 7.48. The topological polar surface area (TPSA) is 75.7 Å². The first-order valence-electron chi connectivity index (χ1n) is 10.5. The van der Waals surface area contributed by atoms with Crippen LogP contribution >= 0.6 is 15.9 Å². The van der Waals surface area contributed by atoms with Crippen LogP contribution in [0.3, 0.4) is 0 Å². The number of nitrogens with one attached hydrogen (secondary N) is 1. The summed E-state index contributed by atoms with van der Waals surface area (Å²) in [7, 11) is 0. The highest BCUT2D eigenvalue weighted by Gasteiger charge is 2.37. The maximum absolute atomic E-state index is 14.3. The molecule has 0 atom stereocenters. The van der Waals surface area contributed by atoms with Crippen LogP contribution in [0.1, 0.15) is 23.6 Å². The van der Waals surface area contributed by atoms with E-state index in [9.17, 15) is 18.8 Å². The van der Waals surface area contributed by atoms with E-state index < -0.39 is 23.7 Å². The standard InChI is InChI=1S/C26H20BrFN2O4/c1-2-34-23-14-16(11-12-18(23)15-17-7-3-4-8-20(17)27)13-19-24(31)29-26(33)30(25(19)32)22-10-6-5-9-21(22)28/h3-14H,2,15H2,1H3,(H,29,31,33)/b19-13-. The number of amides is 4. The number of ether oxygens (including phenoxy) is 1. The van der Waals surface area contributed by atoms with E-state index in [1.807, 2.05) is 37.3 Å². The number of hydrogen-bond donors (Lipinski definition) is 1.